The Morgan fingerprint density at radius 1 is 1.03 bits per heavy atom. The Kier molecular flexibility index (Phi) is 8.11. The number of nitrogens with zero attached hydrogens (tertiary/aromatic N) is 4. The Morgan fingerprint density at radius 2 is 1.70 bits per heavy atom. The van der Waals surface area contributed by atoms with Crippen molar-refractivity contribution in [2.45, 2.75) is 32.7 Å². The first-order chi connectivity index (χ1) is 17.8. The Hall–Kier alpha value is -3.47. The van der Waals surface area contributed by atoms with Crippen LogP contribution in [0.3, 0.4) is 0 Å². The fourth-order valence-corrected chi connectivity index (χ4v) is 5.73. The van der Waals surface area contributed by atoms with Crippen molar-refractivity contribution < 1.29 is 28.6 Å². The van der Waals surface area contributed by atoms with Crippen molar-refractivity contribution in [2.75, 3.05) is 47.5 Å². The Bertz CT molecular complexity index is 1190. The predicted molar refractivity (Wildman–Crippen MR) is 140 cm³/mol. The molecule has 4 rings (SSSR count). The molecule has 1 atom stereocenters. The number of methoxy groups -OCH3 is 3. The number of benzene rings is 1. The maximum atomic E-state index is 13.3. The molecular weight excluding hydrogens is 496 g/mol. The number of amides is 2. The minimum Gasteiger partial charge on any atom is -0.493 e. The lowest BCUT2D eigenvalue weighted by atomic mass is 9.92. The molecule has 3 aliphatic rings. The van der Waals surface area contributed by atoms with Crippen LogP contribution in [0.25, 0.3) is 0 Å². The van der Waals surface area contributed by atoms with E-state index < -0.39 is 12.0 Å². The third-order valence-corrected chi connectivity index (χ3v) is 7.65. The zero-order valence-electron chi connectivity index (χ0n) is 21.8. The second-order valence-corrected chi connectivity index (χ2v) is 9.61. The van der Waals surface area contributed by atoms with Crippen LogP contribution in [-0.2, 0) is 19.1 Å². The van der Waals surface area contributed by atoms with Crippen LogP contribution in [0.15, 0.2) is 45.6 Å². The molecule has 1 aromatic rings. The van der Waals surface area contributed by atoms with E-state index in [4.69, 9.17) is 19.2 Å². The van der Waals surface area contributed by atoms with Gasteiger partial charge in [-0.25, -0.2) is 9.79 Å². The van der Waals surface area contributed by atoms with Gasteiger partial charge in [0, 0.05) is 38.8 Å². The summed E-state index contributed by atoms with van der Waals surface area (Å²) in [4.78, 5) is 48.3. The Balaban J connectivity index is 1.68. The van der Waals surface area contributed by atoms with Gasteiger partial charge in [0.05, 0.1) is 45.1 Å². The first kappa shape index (κ1) is 26.6. The molecule has 1 fully saturated rings. The fourth-order valence-electron chi connectivity index (χ4n) is 4.79. The topological polar surface area (TPSA) is 101 Å². The molecule has 0 radical (unpaired) electrons. The number of thioether (sulfide) groups is 1. The zero-order chi connectivity index (χ0) is 26.7. The van der Waals surface area contributed by atoms with E-state index in [0.717, 1.165) is 11.3 Å². The summed E-state index contributed by atoms with van der Waals surface area (Å²) >= 11 is 1.43. The molecule has 0 spiro atoms. The van der Waals surface area contributed by atoms with Gasteiger partial charge in [-0.1, -0.05) is 24.8 Å². The largest absolute Gasteiger partial charge is 0.493 e. The molecule has 0 aromatic heterocycles. The number of piperazine rings is 1. The van der Waals surface area contributed by atoms with Gasteiger partial charge >= 0.3 is 5.97 Å². The first-order valence-corrected chi connectivity index (χ1v) is 13.0. The fraction of sp³-hybridized carbons (Fsp3) is 0.462. The van der Waals surface area contributed by atoms with E-state index in [1.165, 1.54) is 18.9 Å². The summed E-state index contributed by atoms with van der Waals surface area (Å²) in [5.74, 6) is 0.613. The van der Waals surface area contributed by atoms with Crippen molar-refractivity contribution in [1.82, 2.24) is 14.7 Å². The van der Waals surface area contributed by atoms with Crippen molar-refractivity contribution in [2.24, 2.45) is 4.99 Å². The van der Waals surface area contributed by atoms with E-state index in [1.807, 2.05) is 29.4 Å². The van der Waals surface area contributed by atoms with Crippen LogP contribution in [0, 0.1) is 0 Å². The summed E-state index contributed by atoms with van der Waals surface area (Å²) in [5.41, 5.74) is 2.61. The van der Waals surface area contributed by atoms with E-state index in [0.29, 0.717) is 60.5 Å². The van der Waals surface area contributed by atoms with Crippen molar-refractivity contribution in [3.05, 3.63) is 46.1 Å². The van der Waals surface area contributed by atoms with Crippen LogP contribution in [0.5, 0.6) is 11.5 Å². The highest BCUT2D eigenvalue weighted by atomic mass is 32.2. The molecule has 3 heterocycles. The van der Waals surface area contributed by atoms with Crippen LogP contribution >= 0.6 is 11.8 Å². The van der Waals surface area contributed by atoms with Gasteiger partial charge in [-0.2, -0.15) is 0 Å². The molecule has 1 aromatic carbocycles. The standard InChI is InChI=1S/C26H32N4O6S/c1-6-19-23(25(33)36-5)24(17-7-8-20(34-3)21(13-17)35-4)30-18(15-37-26(30)27-19)14-22(32)29-11-9-28(10-12-29)16(2)31/h7-8,13,15,24H,6,9-12,14H2,1-5H3/t24-/m0/s1. The minimum absolute atomic E-state index is 0.0165. The average Bonchev–Trinajstić information content (AvgIpc) is 3.32. The van der Waals surface area contributed by atoms with Crippen LogP contribution in [0.2, 0.25) is 0 Å². The van der Waals surface area contributed by atoms with Gasteiger partial charge in [0.15, 0.2) is 16.7 Å². The highest BCUT2D eigenvalue weighted by molar-refractivity contribution is 8.16. The van der Waals surface area contributed by atoms with E-state index in [-0.39, 0.29) is 18.2 Å². The maximum absolute atomic E-state index is 13.3. The lowest BCUT2D eigenvalue weighted by Crippen LogP contribution is -2.50. The van der Waals surface area contributed by atoms with Gasteiger partial charge in [0.1, 0.15) is 0 Å². The number of fused-ring (bicyclic) bond motifs is 1. The van der Waals surface area contributed by atoms with Gasteiger partial charge < -0.3 is 28.9 Å². The number of carbonyl (C=O) groups is 3. The van der Waals surface area contributed by atoms with E-state index >= 15 is 0 Å². The van der Waals surface area contributed by atoms with Crippen LogP contribution in [0.4, 0.5) is 0 Å². The molecule has 37 heavy (non-hydrogen) atoms. The van der Waals surface area contributed by atoms with Crippen LogP contribution in [0.1, 0.15) is 38.3 Å². The normalized spacial score (nSPS) is 19.3. The molecule has 0 unspecified atom stereocenters. The highest BCUT2D eigenvalue weighted by Crippen LogP contribution is 2.46. The molecule has 0 bridgehead atoms. The highest BCUT2D eigenvalue weighted by Gasteiger charge is 2.42. The summed E-state index contributed by atoms with van der Waals surface area (Å²) < 4.78 is 16.1. The molecule has 0 N–H and O–H groups in total. The molecule has 3 aliphatic heterocycles. The molecule has 0 aliphatic carbocycles. The minimum atomic E-state index is -0.557. The van der Waals surface area contributed by atoms with Gasteiger partial charge in [0.2, 0.25) is 11.8 Å². The van der Waals surface area contributed by atoms with Gasteiger partial charge in [-0.05, 0) is 29.5 Å². The number of ether oxygens (including phenoxy) is 3. The lowest BCUT2D eigenvalue weighted by Gasteiger charge is -2.38. The number of esters is 1. The van der Waals surface area contributed by atoms with E-state index in [1.54, 1.807) is 37.0 Å². The number of allylic oxidation sites excluding steroid dienone is 1. The summed E-state index contributed by atoms with van der Waals surface area (Å²) in [5, 5.41) is 2.62. The molecule has 198 valence electrons. The SMILES string of the molecule is CCC1=C(C(=O)OC)[C@H](c2ccc(OC)c(OC)c2)N2C(CC(=O)N3CCN(C(C)=O)CC3)=CSC2=N1. The summed E-state index contributed by atoms with van der Waals surface area (Å²) in [6, 6.07) is 4.96. The molecule has 1 saturated heterocycles. The Labute approximate surface area is 220 Å². The molecule has 10 nitrogen and oxygen atoms in total. The summed E-state index contributed by atoms with van der Waals surface area (Å²) in [6.07, 6.45) is 0.687. The maximum Gasteiger partial charge on any atom is 0.338 e. The van der Waals surface area contributed by atoms with Crippen molar-refractivity contribution >= 4 is 34.7 Å². The first-order valence-electron chi connectivity index (χ1n) is 12.1. The molecule has 0 saturated carbocycles. The number of carbonyl (C=O) groups excluding carboxylic acids is 3. The summed E-state index contributed by atoms with van der Waals surface area (Å²) in [7, 11) is 4.48. The van der Waals surface area contributed by atoms with Crippen LogP contribution in [-0.4, -0.2) is 85.2 Å². The zero-order valence-corrected chi connectivity index (χ0v) is 22.6. The Morgan fingerprint density at radius 3 is 2.30 bits per heavy atom. The molecular formula is C26H32N4O6S. The quantitative estimate of drug-likeness (QED) is 0.498. The smallest absolute Gasteiger partial charge is 0.338 e. The second-order valence-electron chi connectivity index (χ2n) is 8.78. The van der Waals surface area contributed by atoms with Crippen molar-refractivity contribution in [3.63, 3.8) is 0 Å². The number of hydrogen-bond acceptors (Lipinski definition) is 9. The third kappa shape index (κ3) is 5.18. The van der Waals surface area contributed by atoms with E-state index in [9.17, 15) is 14.4 Å². The van der Waals surface area contributed by atoms with Gasteiger partial charge in [-0.3, -0.25) is 9.59 Å². The van der Waals surface area contributed by atoms with Gasteiger partial charge in [-0.15, -0.1) is 0 Å². The number of amidine groups is 1. The summed E-state index contributed by atoms with van der Waals surface area (Å²) in [6.45, 7) is 5.52. The number of hydrogen-bond donors (Lipinski definition) is 0. The number of aliphatic imine (C=N–C) groups is 1. The second kappa shape index (κ2) is 11.3. The van der Waals surface area contributed by atoms with Gasteiger partial charge in [0.25, 0.3) is 0 Å². The lowest BCUT2D eigenvalue weighted by molar-refractivity contribution is -0.138. The number of rotatable bonds is 7. The molecule has 2 amide bonds. The van der Waals surface area contributed by atoms with E-state index in [2.05, 4.69) is 0 Å². The van der Waals surface area contributed by atoms with Crippen LogP contribution < -0.4 is 9.47 Å². The predicted octanol–water partition coefficient (Wildman–Crippen LogP) is 2.92. The van der Waals surface area contributed by atoms with Crippen molar-refractivity contribution in [1.29, 1.82) is 0 Å². The van der Waals surface area contributed by atoms with Crippen molar-refractivity contribution in [3.8, 4) is 11.5 Å². The monoisotopic (exact) mass is 528 g/mol. The third-order valence-electron chi connectivity index (χ3n) is 6.76. The average molecular weight is 529 g/mol. The molecule has 11 heteroatoms.